The number of fused-ring (bicyclic) bond motifs is 1. The van der Waals surface area contributed by atoms with Crippen molar-refractivity contribution in [3.05, 3.63) is 63.1 Å². The Morgan fingerprint density at radius 3 is 2.62 bits per heavy atom. The molecule has 0 aliphatic heterocycles. The second-order valence-electron chi connectivity index (χ2n) is 6.30. The summed E-state index contributed by atoms with van der Waals surface area (Å²) >= 11 is 3.57. The molecule has 0 heterocycles. The van der Waals surface area contributed by atoms with Crippen LogP contribution in [0.1, 0.15) is 45.9 Å². The molecule has 3 rings (SSSR count). The van der Waals surface area contributed by atoms with E-state index >= 15 is 0 Å². The highest BCUT2D eigenvalue weighted by Gasteiger charge is 2.29. The minimum absolute atomic E-state index is 0.0824. The number of benzene rings is 2. The smallest absolute Gasteiger partial charge is 0.303 e. The van der Waals surface area contributed by atoms with Gasteiger partial charge in [0.05, 0.1) is 13.2 Å². The average Bonchev–Trinajstić information content (AvgIpc) is 3.05. The monoisotopic (exact) mass is 417 g/mol. The molecule has 2 aromatic rings. The van der Waals surface area contributed by atoms with Gasteiger partial charge in [-0.25, -0.2) is 0 Å². The summed E-state index contributed by atoms with van der Waals surface area (Å²) in [6.07, 6.45) is 2.25. The zero-order valence-electron chi connectivity index (χ0n) is 14.4. The normalized spacial score (nSPS) is 15.4. The number of nitrogens with one attached hydrogen (secondary N) is 1. The van der Waals surface area contributed by atoms with E-state index in [9.17, 15) is 9.59 Å². The fourth-order valence-electron chi connectivity index (χ4n) is 3.32. The molecule has 0 spiro atoms. The Morgan fingerprint density at radius 2 is 1.96 bits per heavy atom. The van der Waals surface area contributed by atoms with Gasteiger partial charge in [-0.05, 0) is 54.7 Å². The number of hydrogen-bond donors (Lipinski definition) is 2. The van der Waals surface area contributed by atoms with Gasteiger partial charge in [0.15, 0.2) is 0 Å². The Morgan fingerprint density at radius 1 is 1.23 bits per heavy atom. The molecule has 0 bridgehead atoms. The molecule has 0 saturated heterocycles. The highest BCUT2D eigenvalue weighted by atomic mass is 79.9. The number of ether oxygens (including phenoxy) is 1. The van der Waals surface area contributed by atoms with Crippen LogP contribution in [0.4, 0.5) is 0 Å². The van der Waals surface area contributed by atoms with Gasteiger partial charge in [0.1, 0.15) is 5.75 Å². The van der Waals surface area contributed by atoms with E-state index < -0.39 is 5.97 Å². The molecular weight excluding hydrogens is 398 g/mol. The molecule has 0 radical (unpaired) electrons. The van der Waals surface area contributed by atoms with Crippen molar-refractivity contribution in [2.45, 2.75) is 31.7 Å². The Labute approximate surface area is 160 Å². The minimum atomic E-state index is -0.827. The van der Waals surface area contributed by atoms with Crippen LogP contribution in [0, 0.1) is 0 Å². The lowest BCUT2D eigenvalue weighted by atomic mass is 10.0. The molecule has 1 amide bonds. The van der Waals surface area contributed by atoms with Gasteiger partial charge in [0.2, 0.25) is 0 Å². The second-order valence-corrected chi connectivity index (χ2v) is 7.15. The fourth-order valence-corrected chi connectivity index (χ4v) is 3.87. The third-order valence-corrected chi connectivity index (χ3v) is 5.40. The maximum atomic E-state index is 12.6. The van der Waals surface area contributed by atoms with E-state index in [-0.39, 0.29) is 18.4 Å². The summed E-state index contributed by atoms with van der Waals surface area (Å²) in [5.41, 5.74) is 3.68. The molecule has 6 heteroatoms. The lowest BCUT2D eigenvalue weighted by molar-refractivity contribution is -0.136. The molecule has 0 fully saturated rings. The molecule has 26 heavy (non-hydrogen) atoms. The van der Waals surface area contributed by atoms with Crippen molar-refractivity contribution in [1.29, 1.82) is 0 Å². The number of amides is 1. The van der Waals surface area contributed by atoms with Gasteiger partial charge in [-0.15, -0.1) is 0 Å². The predicted octanol–water partition coefficient (Wildman–Crippen LogP) is 3.89. The van der Waals surface area contributed by atoms with Gasteiger partial charge >= 0.3 is 5.97 Å². The number of halogens is 1. The van der Waals surface area contributed by atoms with Crippen LogP contribution in [-0.4, -0.2) is 24.1 Å². The van der Waals surface area contributed by atoms with Crippen LogP contribution in [0.5, 0.6) is 5.75 Å². The average molecular weight is 418 g/mol. The molecule has 2 aromatic carbocycles. The molecule has 1 aliphatic rings. The summed E-state index contributed by atoms with van der Waals surface area (Å²) in [5, 5.41) is 11.8. The summed E-state index contributed by atoms with van der Waals surface area (Å²) in [4.78, 5) is 23.3. The molecular formula is C20H20BrNO4. The first-order valence-corrected chi connectivity index (χ1v) is 9.25. The van der Waals surface area contributed by atoms with Crippen LogP contribution in [0.3, 0.4) is 0 Å². The quantitative estimate of drug-likeness (QED) is 0.747. The molecule has 0 aromatic heterocycles. The molecule has 1 atom stereocenters. The third-order valence-electron chi connectivity index (χ3n) is 4.66. The summed E-state index contributed by atoms with van der Waals surface area (Å²) in [6.45, 7) is 0. The molecule has 0 saturated carbocycles. The number of rotatable bonds is 6. The lowest BCUT2D eigenvalue weighted by Gasteiger charge is -2.17. The topological polar surface area (TPSA) is 75.6 Å². The number of carbonyl (C=O) groups excluding carboxylic acids is 1. The number of methoxy groups -OCH3 is 1. The largest absolute Gasteiger partial charge is 0.496 e. The van der Waals surface area contributed by atoms with Crippen molar-refractivity contribution in [3.8, 4) is 5.75 Å². The van der Waals surface area contributed by atoms with Crippen molar-refractivity contribution >= 4 is 27.8 Å². The molecule has 1 aliphatic carbocycles. The van der Waals surface area contributed by atoms with Crippen molar-refractivity contribution < 1.29 is 19.4 Å². The summed E-state index contributed by atoms with van der Waals surface area (Å²) in [7, 11) is 1.64. The number of carboxylic acids is 1. The van der Waals surface area contributed by atoms with E-state index in [0.717, 1.165) is 34.2 Å². The SMILES string of the molecule is COc1ccc(Br)c2c1C(NC(=O)c1ccc(CCC(=O)O)cc1)CC2. The van der Waals surface area contributed by atoms with E-state index in [1.54, 1.807) is 31.4 Å². The van der Waals surface area contributed by atoms with Gasteiger partial charge in [-0.2, -0.15) is 0 Å². The first kappa shape index (κ1) is 18.5. The maximum Gasteiger partial charge on any atom is 0.303 e. The van der Waals surface area contributed by atoms with Gasteiger partial charge < -0.3 is 15.2 Å². The van der Waals surface area contributed by atoms with Gasteiger partial charge in [0.25, 0.3) is 5.91 Å². The summed E-state index contributed by atoms with van der Waals surface area (Å²) in [6, 6.07) is 10.9. The van der Waals surface area contributed by atoms with E-state index in [1.807, 2.05) is 12.1 Å². The van der Waals surface area contributed by atoms with E-state index in [2.05, 4.69) is 21.2 Å². The Bertz CT molecular complexity index is 832. The summed E-state index contributed by atoms with van der Waals surface area (Å²) in [5.74, 6) is -0.184. The van der Waals surface area contributed by atoms with Gasteiger partial charge in [0, 0.05) is 22.0 Å². The number of hydrogen-bond acceptors (Lipinski definition) is 3. The Hall–Kier alpha value is -2.34. The minimum Gasteiger partial charge on any atom is -0.496 e. The van der Waals surface area contributed by atoms with Gasteiger partial charge in [-0.3, -0.25) is 9.59 Å². The highest BCUT2D eigenvalue weighted by Crippen LogP contribution is 2.41. The lowest BCUT2D eigenvalue weighted by Crippen LogP contribution is -2.27. The number of aliphatic carboxylic acids is 1. The van der Waals surface area contributed by atoms with Gasteiger partial charge in [-0.1, -0.05) is 28.1 Å². The van der Waals surface area contributed by atoms with Crippen LogP contribution >= 0.6 is 15.9 Å². The maximum absolute atomic E-state index is 12.6. The van der Waals surface area contributed by atoms with Crippen molar-refractivity contribution in [3.63, 3.8) is 0 Å². The van der Waals surface area contributed by atoms with Crippen LogP contribution in [0.15, 0.2) is 40.9 Å². The second kappa shape index (κ2) is 7.91. The first-order valence-electron chi connectivity index (χ1n) is 8.46. The molecule has 136 valence electrons. The number of carboxylic acid groups (broad SMARTS) is 1. The zero-order valence-corrected chi connectivity index (χ0v) is 16.0. The number of aryl methyl sites for hydroxylation is 1. The first-order chi connectivity index (χ1) is 12.5. The van der Waals surface area contributed by atoms with E-state index in [4.69, 9.17) is 9.84 Å². The number of carbonyl (C=O) groups is 2. The Balaban J connectivity index is 1.72. The molecule has 1 unspecified atom stereocenters. The van der Waals surface area contributed by atoms with Crippen LogP contribution < -0.4 is 10.1 Å². The third kappa shape index (κ3) is 3.90. The van der Waals surface area contributed by atoms with Crippen molar-refractivity contribution in [2.24, 2.45) is 0 Å². The van der Waals surface area contributed by atoms with Crippen LogP contribution in [-0.2, 0) is 17.6 Å². The summed E-state index contributed by atoms with van der Waals surface area (Å²) < 4.78 is 6.51. The highest BCUT2D eigenvalue weighted by molar-refractivity contribution is 9.10. The standard InChI is InChI=1S/C20H20BrNO4/c1-26-17-10-8-15(21)14-7-9-16(19(14)17)22-20(25)13-5-2-12(3-6-13)4-11-18(23)24/h2-3,5-6,8,10,16H,4,7,9,11H2,1H3,(H,22,25)(H,23,24). The van der Waals surface area contributed by atoms with Crippen molar-refractivity contribution in [2.75, 3.05) is 7.11 Å². The fraction of sp³-hybridized carbons (Fsp3) is 0.300. The Kier molecular flexibility index (Phi) is 5.61. The molecule has 5 nitrogen and oxygen atoms in total. The van der Waals surface area contributed by atoms with Crippen LogP contribution in [0.2, 0.25) is 0 Å². The van der Waals surface area contributed by atoms with Crippen LogP contribution in [0.25, 0.3) is 0 Å². The molecule has 2 N–H and O–H groups in total. The van der Waals surface area contributed by atoms with E-state index in [1.165, 1.54) is 5.56 Å². The predicted molar refractivity (Wildman–Crippen MR) is 102 cm³/mol. The zero-order chi connectivity index (χ0) is 18.7. The van der Waals surface area contributed by atoms with Crippen molar-refractivity contribution in [1.82, 2.24) is 5.32 Å². The van der Waals surface area contributed by atoms with E-state index in [0.29, 0.717) is 12.0 Å².